The van der Waals surface area contributed by atoms with Gasteiger partial charge in [0.2, 0.25) is 0 Å². The van der Waals surface area contributed by atoms with Crippen LogP contribution in [0.5, 0.6) is 0 Å². The SMILES string of the molecule is COC(=O)C1=CC=C[C@@H]2[C@]1(C(=O)OC)CC[C@H](C)[C@@]21C[C@@H](c2ccoc2)OC1=O. The first kappa shape index (κ1) is 19.5. The molecule has 0 N–H and O–H groups in total. The van der Waals surface area contributed by atoms with Gasteiger partial charge in [-0.1, -0.05) is 25.2 Å². The van der Waals surface area contributed by atoms with Gasteiger partial charge in [0.15, 0.2) is 0 Å². The Morgan fingerprint density at radius 1 is 1.24 bits per heavy atom. The molecule has 2 fully saturated rings. The highest BCUT2D eigenvalue weighted by Crippen LogP contribution is 2.65. The highest BCUT2D eigenvalue weighted by atomic mass is 16.6. The first-order valence-corrected chi connectivity index (χ1v) is 9.70. The zero-order valence-corrected chi connectivity index (χ0v) is 16.7. The van der Waals surface area contributed by atoms with E-state index in [0.29, 0.717) is 19.3 Å². The average molecular weight is 400 g/mol. The maximum Gasteiger partial charge on any atom is 0.334 e. The Kier molecular flexibility index (Phi) is 4.63. The molecule has 29 heavy (non-hydrogen) atoms. The normalized spacial score (nSPS) is 35.6. The van der Waals surface area contributed by atoms with Crippen molar-refractivity contribution in [3.8, 4) is 0 Å². The van der Waals surface area contributed by atoms with Crippen LogP contribution in [0.1, 0.15) is 37.9 Å². The first-order valence-electron chi connectivity index (χ1n) is 9.70. The number of esters is 3. The van der Waals surface area contributed by atoms with Gasteiger partial charge in [0.25, 0.3) is 0 Å². The van der Waals surface area contributed by atoms with Crippen LogP contribution in [0, 0.1) is 22.7 Å². The third-order valence-electron chi connectivity index (χ3n) is 7.01. The second-order valence-electron chi connectivity index (χ2n) is 8.03. The summed E-state index contributed by atoms with van der Waals surface area (Å²) in [6.07, 6.45) is 9.16. The van der Waals surface area contributed by atoms with E-state index in [0.717, 1.165) is 5.56 Å². The number of rotatable bonds is 3. The molecule has 0 radical (unpaired) electrons. The first-order chi connectivity index (χ1) is 13.9. The summed E-state index contributed by atoms with van der Waals surface area (Å²) in [5.74, 6) is -2.10. The molecule has 3 aliphatic rings. The van der Waals surface area contributed by atoms with Crippen molar-refractivity contribution < 1.29 is 33.0 Å². The van der Waals surface area contributed by atoms with Gasteiger partial charge in [-0.3, -0.25) is 9.59 Å². The summed E-state index contributed by atoms with van der Waals surface area (Å²) < 4.78 is 21.1. The van der Waals surface area contributed by atoms with Crippen LogP contribution in [0.15, 0.2) is 46.8 Å². The molecule has 5 atom stereocenters. The zero-order valence-electron chi connectivity index (χ0n) is 16.7. The van der Waals surface area contributed by atoms with Crippen LogP contribution in [-0.2, 0) is 28.6 Å². The van der Waals surface area contributed by atoms with Crippen LogP contribution in [0.3, 0.4) is 0 Å². The summed E-state index contributed by atoms with van der Waals surface area (Å²) in [5.41, 5.74) is -1.24. The molecule has 1 saturated carbocycles. The van der Waals surface area contributed by atoms with Crippen LogP contribution in [0.2, 0.25) is 0 Å². The summed E-state index contributed by atoms with van der Waals surface area (Å²) in [6, 6.07) is 1.77. The summed E-state index contributed by atoms with van der Waals surface area (Å²) in [6.45, 7) is 2.00. The van der Waals surface area contributed by atoms with E-state index >= 15 is 0 Å². The van der Waals surface area contributed by atoms with Gasteiger partial charge in [-0.05, 0) is 24.8 Å². The molecule has 1 aromatic rings. The summed E-state index contributed by atoms with van der Waals surface area (Å²) in [7, 11) is 2.58. The monoisotopic (exact) mass is 400 g/mol. The van der Waals surface area contributed by atoms with E-state index in [4.69, 9.17) is 18.6 Å². The number of carbonyl (C=O) groups is 3. The summed E-state index contributed by atoms with van der Waals surface area (Å²) in [5, 5.41) is 0. The molecule has 0 amide bonds. The molecule has 2 heterocycles. The Hall–Kier alpha value is -2.83. The molecule has 1 saturated heterocycles. The van der Waals surface area contributed by atoms with Crippen LogP contribution >= 0.6 is 0 Å². The molecule has 0 bridgehead atoms. The van der Waals surface area contributed by atoms with Gasteiger partial charge < -0.3 is 18.6 Å². The van der Waals surface area contributed by atoms with E-state index in [1.54, 1.807) is 24.5 Å². The van der Waals surface area contributed by atoms with E-state index in [9.17, 15) is 14.4 Å². The predicted molar refractivity (Wildman–Crippen MR) is 100 cm³/mol. The number of methoxy groups -OCH3 is 2. The van der Waals surface area contributed by atoms with Gasteiger partial charge in [0.1, 0.15) is 11.5 Å². The third kappa shape index (κ3) is 2.52. The van der Waals surface area contributed by atoms with Crippen LogP contribution in [-0.4, -0.2) is 32.1 Å². The molecular weight excluding hydrogens is 376 g/mol. The van der Waals surface area contributed by atoms with Crippen molar-refractivity contribution in [1.82, 2.24) is 0 Å². The predicted octanol–water partition coefficient (Wildman–Crippen LogP) is 3.13. The highest BCUT2D eigenvalue weighted by molar-refractivity contribution is 6.00. The lowest BCUT2D eigenvalue weighted by atomic mass is 9.47. The van der Waals surface area contributed by atoms with Crippen molar-refractivity contribution in [1.29, 1.82) is 0 Å². The minimum Gasteiger partial charge on any atom is -0.472 e. The van der Waals surface area contributed by atoms with Crippen molar-refractivity contribution in [2.24, 2.45) is 22.7 Å². The Morgan fingerprint density at radius 3 is 2.69 bits per heavy atom. The molecule has 7 nitrogen and oxygen atoms in total. The molecule has 1 aromatic heterocycles. The van der Waals surface area contributed by atoms with Crippen molar-refractivity contribution in [2.75, 3.05) is 14.2 Å². The third-order valence-corrected chi connectivity index (χ3v) is 7.01. The number of cyclic esters (lactones) is 1. The van der Waals surface area contributed by atoms with Gasteiger partial charge in [0.05, 0.1) is 37.7 Å². The van der Waals surface area contributed by atoms with Crippen LogP contribution < -0.4 is 0 Å². The molecule has 2 aliphatic carbocycles. The van der Waals surface area contributed by atoms with Gasteiger partial charge in [-0.15, -0.1) is 0 Å². The van der Waals surface area contributed by atoms with E-state index in [-0.39, 0.29) is 17.5 Å². The maximum absolute atomic E-state index is 13.3. The Bertz CT molecular complexity index is 896. The molecule has 0 unspecified atom stereocenters. The van der Waals surface area contributed by atoms with Gasteiger partial charge in [0, 0.05) is 17.9 Å². The fraction of sp³-hybridized carbons (Fsp3) is 0.500. The largest absolute Gasteiger partial charge is 0.472 e. The second kappa shape index (κ2) is 6.90. The lowest BCUT2D eigenvalue weighted by Gasteiger charge is -2.53. The van der Waals surface area contributed by atoms with Crippen LogP contribution in [0.25, 0.3) is 0 Å². The zero-order chi connectivity index (χ0) is 20.8. The average Bonchev–Trinajstić information content (AvgIpc) is 3.38. The molecule has 0 aromatic carbocycles. The highest BCUT2D eigenvalue weighted by Gasteiger charge is 2.69. The molecule has 4 rings (SSSR count). The minimum atomic E-state index is -1.28. The number of furan rings is 1. The van der Waals surface area contributed by atoms with Crippen molar-refractivity contribution >= 4 is 17.9 Å². The minimum absolute atomic E-state index is 0.0451. The number of hydrogen-bond acceptors (Lipinski definition) is 7. The number of hydrogen-bond donors (Lipinski definition) is 0. The molecule has 154 valence electrons. The van der Waals surface area contributed by atoms with E-state index in [1.807, 2.05) is 13.0 Å². The number of ether oxygens (including phenoxy) is 3. The maximum atomic E-state index is 13.3. The second-order valence-corrected chi connectivity index (χ2v) is 8.03. The van der Waals surface area contributed by atoms with E-state index in [1.165, 1.54) is 20.5 Å². The Morgan fingerprint density at radius 2 is 2.03 bits per heavy atom. The van der Waals surface area contributed by atoms with Crippen molar-refractivity contribution in [3.05, 3.63) is 48.0 Å². The quantitative estimate of drug-likeness (QED) is 0.568. The lowest BCUT2D eigenvalue weighted by molar-refractivity contribution is -0.172. The van der Waals surface area contributed by atoms with Crippen molar-refractivity contribution in [2.45, 2.75) is 32.3 Å². The molecule has 7 heteroatoms. The Balaban J connectivity index is 1.85. The molecule has 1 spiro atoms. The lowest BCUT2D eigenvalue weighted by Crippen LogP contribution is -2.58. The number of carbonyl (C=O) groups excluding carboxylic acids is 3. The van der Waals surface area contributed by atoms with Crippen molar-refractivity contribution in [3.63, 3.8) is 0 Å². The molecular formula is C22H24O7. The number of fused-ring (bicyclic) bond motifs is 2. The standard InChI is InChI=1S/C22H24O7/c1-13-7-9-21(19(24)27-3)15(18(23)26-2)5-4-6-17(21)22(13)11-16(29-20(22)25)14-8-10-28-12-14/h4-6,8,10,12-13,16-17H,7,9,11H2,1-3H3/t13-,16-,17+,21-,22-/m0/s1. The summed E-state index contributed by atoms with van der Waals surface area (Å²) in [4.78, 5) is 39.1. The Labute approximate surface area is 168 Å². The smallest absolute Gasteiger partial charge is 0.334 e. The van der Waals surface area contributed by atoms with Gasteiger partial charge in [-0.25, -0.2) is 4.79 Å². The summed E-state index contributed by atoms with van der Waals surface area (Å²) >= 11 is 0. The molecule has 1 aliphatic heterocycles. The van der Waals surface area contributed by atoms with E-state index in [2.05, 4.69) is 0 Å². The van der Waals surface area contributed by atoms with Gasteiger partial charge in [-0.2, -0.15) is 0 Å². The topological polar surface area (TPSA) is 92.0 Å². The fourth-order valence-electron chi connectivity index (χ4n) is 5.51. The van der Waals surface area contributed by atoms with Gasteiger partial charge >= 0.3 is 17.9 Å². The van der Waals surface area contributed by atoms with Crippen LogP contribution in [0.4, 0.5) is 0 Å². The van der Waals surface area contributed by atoms with E-state index < -0.39 is 34.8 Å². The number of allylic oxidation sites excluding steroid dienone is 3. The fourth-order valence-corrected chi connectivity index (χ4v) is 5.51.